The van der Waals surface area contributed by atoms with Gasteiger partial charge in [0.1, 0.15) is 0 Å². The van der Waals surface area contributed by atoms with E-state index >= 15 is 0 Å². The molecule has 27 heavy (non-hydrogen) atoms. The molecule has 1 atom stereocenters. The summed E-state index contributed by atoms with van der Waals surface area (Å²) in [6.07, 6.45) is 0. The zero-order chi connectivity index (χ0) is 19.0. The summed E-state index contributed by atoms with van der Waals surface area (Å²) in [5.74, 6) is -0.625. The van der Waals surface area contributed by atoms with E-state index in [0.717, 1.165) is 12.2 Å². The Kier molecular flexibility index (Phi) is 4.40. The number of rotatable bonds is 4. The number of aromatic amines is 1. The lowest BCUT2D eigenvalue weighted by Crippen LogP contribution is -2.43. The van der Waals surface area contributed by atoms with Crippen molar-refractivity contribution < 1.29 is 17.6 Å². The van der Waals surface area contributed by atoms with Gasteiger partial charge in [-0.1, -0.05) is 0 Å². The molecule has 0 radical (unpaired) electrons. The van der Waals surface area contributed by atoms with Gasteiger partial charge in [0.2, 0.25) is 0 Å². The van der Waals surface area contributed by atoms with Crippen LogP contribution in [0.4, 0.5) is 11.4 Å². The summed E-state index contributed by atoms with van der Waals surface area (Å²) in [5, 5.41) is 0. The first-order chi connectivity index (χ1) is 12.9. The summed E-state index contributed by atoms with van der Waals surface area (Å²) in [6.45, 7) is 4.24. The molecule has 1 fully saturated rings. The largest absolute Gasteiger partial charge is 0.417 e. The van der Waals surface area contributed by atoms with E-state index in [9.17, 15) is 13.2 Å². The number of nitrogens with one attached hydrogen (secondary N) is 2. The van der Waals surface area contributed by atoms with Crippen molar-refractivity contribution >= 4 is 32.5 Å². The Balaban J connectivity index is 1.55. The predicted octanol–water partition coefficient (Wildman–Crippen LogP) is 2.15. The van der Waals surface area contributed by atoms with Crippen LogP contribution in [0.2, 0.25) is 0 Å². The lowest BCUT2D eigenvalue weighted by molar-refractivity contribution is 0.0989. The SMILES string of the molecule is CC1COCCN1c1ccc(NS(=O)(=O)c2ccc3[nH]c(=O)oc3c2)cc1. The number of ether oxygens (including phenoxy) is 1. The van der Waals surface area contributed by atoms with Gasteiger partial charge in [-0.15, -0.1) is 0 Å². The number of sulfonamides is 1. The predicted molar refractivity (Wildman–Crippen MR) is 102 cm³/mol. The average molecular weight is 389 g/mol. The molecule has 8 nitrogen and oxygen atoms in total. The number of oxazole rings is 1. The molecule has 1 saturated heterocycles. The number of hydrogen-bond donors (Lipinski definition) is 2. The molecule has 4 rings (SSSR count). The van der Waals surface area contributed by atoms with Crippen LogP contribution in [0.5, 0.6) is 0 Å². The van der Waals surface area contributed by atoms with E-state index < -0.39 is 15.8 Å². The topological polar surface area (TPSA) is 105 Å². The highest BCUT2D eigenvalue weighted by molar-refractivity contribution is 7.92. The lowest BCUT2D eigenvalue weighted by Gasteiger charge is -2.35. The molecule has 9 heteroatoms. The summed E-state index contributed by atoms with van der Waals surface area (Å²) in [7, 11) is -3.80. The van der Waals surface area contributed by atoms with Crippen LogP contribution >= 0.6 is 0 Å². The number of H-pyrrole nitrogens is 1. The maximum Gasteiger partial charge on any atom is 0.417 e. The minimum atomic E-state index is -3.80. The van der Waals surface area contributed by atoms with E-state index in [-0.39, 0.29) is 16.5 Å². The molecule has 0 saturated carbocycles. The Bertz CT molecular complexity index is 1120. The van der Waals surface area contributed by atoms with Gasteiger partial charge in [-0.3, -0.25) is 9.71 Å². The first kappa shape index (κ1) is 17.6. The van der Waals surface area contributed by atoms with E-state index in [0.29, 0.717) is 24.4 Å². The van der Waals surface area contributed by atoms with Crippen LogP contribution in [-0.2, 0) is 14.8 Å². The zero-order valence-electron chi connectivity index (χ0n) is 14.6. The van der Waals surface area contributed by atoms with E-state index in [1.165, 1.54) is 18.2 Å². The molecule has 1 aromatic heterocycles. The number of aromatic nitrogens is 1. The van der Waals surface area contributed by atoms with Crippen molar-refractivity contribution in [2.45, 2.75) is 17.9 Å². The lowest BCUT2D eigenvalue weighted by atomic mass is 10.2. The van der Waals surface area contributed by atoms with E-state index in [1.807, 2.05) is 12.1 Å². The summed E-state index contributed by atoms with van der Waals surface area (Å²) in [4.78, 5) is 15.9. The molecule has 1 aliphatic heterocycles. The fraction of sp³-hybridized carbons (Fsp3) is 0.278. The third kappa shape index (κ3) is 3.56. The van der Waals surface area contributed by atoms with Crippen molar-refractivity contribution in [1.82, 2.24) is 4.98 Å². The van der Waals surface area contributed by atoms with Gasteiger partial charge < -0.3 is 14.1 Å². The second-order valence-corrected chi connectivity index (χ2v) is 8.12. The molecular weight excluding hydrogens is 370 g/mol. The van der Waals surface area contributed by atoms with Gasteiger partial charge in [0.05, 0.1) is 23.6 Å². The molecule has 0 spiro atoms. The van der Waals surface area contributed by atoms with E-state index in [2.05, 4.69) is 21.5 Å². The van der Waals surface area contributed by atoms with Gasteiger partial charge in [-0.2, -0.15) is 0 Å². The second-order valence-electron chi connectivity index (χ2n) is 6.44. The number of benzene rings is 2. The molecule has 142 valence electrons. The molecule has 2 heterocycles. The van der Waals surface area contributed by atoms with Crippen molar-refractivity contribution in [3.8, 4) is 0 Å². The Hall–Kier alpha value is -2.78. The molecule has 3 aromatic rings. The third-order valence-corrected chi connectivity index (χ3v) is 5.90. The number of morpholine rings is 1. The van der Waals surface area contributed by atoms with Crippen LogP contribution in [0.1, 0.15) is 6.92 Å². The molecule has 0 bridgehead atoms. The van der Waals surface area contributed by atoms with Gasteiger partial charge in [0.15, 0.2) is 5.58 Å². The van der Waals surface area contributed by atoms with Crippen molar-refractivity contribution in [1.29, 1.82) is 0 Å². The quantitative estimate of drug-likeness (QED) is 0.708. The maximum atomic E-state index is 12.6. The number of nitrogens with zero attached hydrogens (tertiary/aromatic N) is 1. The van der Waals surface area contributed by atoms with E-state index in [4.69, 9.17) is 9.15 Å². The van der Waals surface area contributed by atoms with Crippen molar-refractivity contribution in [3.63, 3.8) is 0 Å². The average Bonchev–Trinajstić information content (AvgIpc) is 3.02. The highest BCUT2D eigenvalue weighted by Crippen LogP contribution is 2.24. The molecule has 1 aliphatic rings. The number of fused-ring (bicyclic) bond motifs is 1. The smallest absolute Gasteiger partial charge is 0.408 e. The Labute approximate surface area is 155 Å². The van der Waals surface area contributed by atoms with Crippen LogP contribution in [-0.4, -0.2) is 39.2 Å². The van der Waals surface area contributed by atoms with Crippen LogP contribution in [0.3, 0.4) is 0 Å². The molecule has 0 aliphatic carbocycles. The van der Waals surface area contributed by atoms with Gasteiger partial charge in [0.25, 0.3) is 10.0 Å². The van der Waals surface area contributed by atoms with Gasteiger partial charge in [-0.25, -0.2) is 13.2 Å². The normalized spacial score (nSPS) is 18.0. The van der Waals surface area contributed by atoms with Crippen molar-refractivity contribution in [2.75, 3.05) is 29.4 Å². The van der Waals surface area contributed by atoms with Crippen molar-refractivity contribution in [2.24, 2.45) is 0 Å². The number of hydrogen-bond acceptors (Lipinski definition) is 6. The van der Waals surface area contributed by atoms with Crippen LogP contribution < -0.4 is 15.4 Å². The first-order valence-electron chi connectivity index (χ1n) is 8.52. The minimum Gasteiger partial charge on any atom is -0.408 e. The zero-order valence-corrected chi connectivity index (χ0v) is 15.5. The van der Waals surface area contributed by atoms with Crippen LogP contribution in [0, 0.1) is 0 Å². The molecule has 1 unspecified atom stereocenters. The first-order valence-corrected chi connectivity index (χ1v) is 10.0. The fourth-order valence-electron chi connectivity index (χ4n) is 3.14. The summed E-state index contributed by atoms with van der Waals surface area (Å²) < 4.78 is 38.2. The molecule has 0 amide bonds. The standard InChI is InChI=1S/C18H19N3O5S/c1-12-11-25-9-8-21(12)14-4-2-13(3-5-14)20-27(23,24)15-6-7-16-17(10-15)26-18(22)19-16/h2-7,10,12,20H,8-9,11H2,1H3,(H,19,22). The molecule has 2 aromatic carbocycles. The third-order valence-electron chi connectivity index (χ3n) is 4.52. The van der Waals surface area contributed by atoms with Crippen LogP contribution in [0.25, 0.3) is 11.1 Å². The van der Waals surface area contributed by atoms with E-state index in [1.54, 1.807) is 12.1 Å². The maximum absolute atomic E-state index is 12.6. The summed E-state index contributed by atoms with van der Waals surface area (Å²) in [6, 6.07) is 11.7. The Morgan fingerprint density at radius 3 is 2.70 bits per heavy atom. The molecule has 2 N–H and O–H groups in total. The van der Waals surface area contributed by atoms with Gasteiger partial charge >= 0.3 is 5.76 Å². The minimum absolute atomic E-state index is 0.0172. The van der Waals surface area contributed by atoms with Crippen LogP contribution in [0.15, 0.2) is 56.6 Å². The number of anilines is 2. The Morgan fingerprint density at radius 2 is 1.96 bits per heavy atom. The highest BCUT2D eigenvalue weighted by atomic mass is 32.2. The Morgan fingerprint density at radius 1 is 1.19 bits per heavy atom. The van der Waals surface area contributed by atoms with Crippen molar-refractivity contribution in [3.05, 3.63) is 53.0 Å². The monoisotopic (exact) mass is 389 g/mol. The second kappa shape index (κ2) is 6.75. The fourth-order valence-corrected chi connectivity index (χ4v) is 4.21. The summed E-state index contributed by atoms with van der Waals surface area (Å²) in [5.41, 5.74) is 2.11. The van der Waals surface area contributed by atoms with Gasteiger partial charge in [-0.05, 0) is 43.3 Å². The van der Waals surface area contributed by atoms with Gasteiger partial charge in [0, 0.05) is 30.0 Å². The highest BCUT2D eigenvalue weighted by Gasteiger charge is 2.20. The summed E-state index contributed by atoms with van der Waals surface area (Å²) >= 11 is 0. The molecular formula is C18H19N3O5S.